The predicted octanol–water partition coefficient (Wildman–Crippen LogP) is 3.82. The molecule has 0 aromatic heterocycles. The zero-order chi connectivity index (χ0) is 17.9. The summed E-state index contributed by atoms with van der Waals surface area (Å²) < 4.78 is 10.8. The molecule has 0 amide bonds. The average Bonchev–Trinajstić information content (AvgIpc) is 2.62. The zero-order valence-corrected chi connectivity index (χ0v) is 17.2. The van der Waals surface area contributed by atoms with Crippen LogP contribution in [0.25, 0.3) is 0 Å². The summed E-state index contributed by atoms with van der Waals surface area (Å²) in [6, 6.07) is 0. The van der Waals surface area contributed by atoms with Gasteiger partial charge in [-0.05, 0) is 26.0 Å². The Morgan fingerprint density at radius 2 is 1.38 bits per heavy atom. The molecule has 4 unspecified atom stereocenters. The quantitative estimate of drug-likeness (QED) is 0.357. The summed E-state index contributed by atoms with van der Waals surface area (Å²) in [7, 11) is 0. The highest BCUT2D eigenvalue weighted by Crippen LogP contribution is 2.40. The molecular weight excluding hydrogens is 384 g/mol. The van der Waals surface area contributed by atoms with Gasteiger partial charge in [0.15, 0.2) is 11.6 Å². The summed E-state index contributed by atoms with van der Waals surface area (Å²) in [5, 5.41) is -0.224. The number of allylic oxidation sites excluding steroid dienone is 2. The van der Waals surface area contributed by atoms with Gasteiger partial charge in [-0.15, -0.1) is 0 Å². The Bertz CT molecular complexity index is 396. The summed E-state index contributed by atoms with van der Waals surface area (Å²) in [5.74, 6) is 1.56. The fraction of sp³-hybridized carbons (Fsp3) is 0.625. The highest BCUT2D eigenvalue weighted by molar-refractivity contribution is 8.09. The minimum atomic E-state index is -0.256. The van der Waals surface area contributed by atoms with Crippen LogP contribution in [0.2, 0.25) is 0 Å². The van der Waals surface area contributed by atoms with Gasteiger partial charge in [0, 0.05) is 46.1 Å². The molecule has 1 heterocycles. The lowest BCUT2D eigenvalue weighted by atomic mass is 10.2. The van der Waals surface area contributed by atoms with Gasteiger partial charge in [-0.25, -0.2) is 0 Å². The van der Waals surface area contributed by atoms with Crippen molar-refractivity contribution in [2.45, 2.75) is 34.8 Å². The molecule has 1 aliphatic heterocycles. The molecule has 0 aromatic rings. The SMILES string of the molecule is C=CC(=O)C(SOCC)C1CSC(C(SOCC)C(=O)C=C)CS1. The van der Waals surface area contributed by atoms with Crippen LogP contribution >= 0.6 is 47.6 Å². The number of carbonyl (C=O) groups is 2. The Morgan fingerprint density at radius 1 is 1.00 bits per heavy atom. The van der Waals surface area contributed by atoms with Gasteiger partial charge in [0.25, 0.3) is 0 Å². The van der Waals surface area contributed by atoms with Crippen molar-refractivity contribution < 1.29 is 18.0 Å². The maximum atomic E-state index is 12.1. The van der Waals surface area contributed by atoms with E-state index in [9.17, 15) is 9.59 Å². The monoisotopic (exact) mass is 408 g/mol. The second-order valence-electron chi connectivity index (χ2n) is 4.80. The molecule has 136 valence electrons. The van der Waals surface area contributed by atoms with E-state index in [-0.39, 0.29) is 32.6 Å². The van der Waals surface area contributed by atoms with Gasteiger partial charge >= 0.3 is 0 Å². The molecule has 1 aliphatic rings. The molecule has 8 heteroatoms. The summed E-state index contributed by atoms with van der Waals surface area (Å²) in [6.07, 6.45) is 2.73. The molecule has 24 heavy (non-hydrogen) atoms. The number of thioether (sulfide) groups is 2. The standard InChI is InChI=1S/C16H24O4S4/c1-5-11(17)15(23-19-7-3)13-9-22-14(10-21-13)16(12(18)6-2)24-20-8-4/h5-6,13-16H,1-2,7-10H2,3-4H3. The fourth-order valence-corrected chi connectivity index (χ4v) is 7.48. The van der Waals surface area contributed by atoms with Crippen molar-refractivity contribution in [2.24, 2.45) is 0 Å². The highest BCUT2D eigenvalue weighted by Gasteiger charge is 2.37. The summed E-state index contributed by atoms with van der Waals surface area (Å²) >= 11 is 5.89. The molecule has 4 atom stereocenters. The molecule has 0 aliphatic carbocycles. The van der Waals surface area contributed by atoms with E-state index in [0.29, 0.717) is 13.2 Å². The van der Waals surface area contributed by atoms with E-state index in [1.54, 1.807) is 23.5 Å². The molecule has 1 saturated heterocycles. The van der Waals surface area contributed by atoms with Gasteiger partial charge in [-0.1, -0.05) is 13.2 Å². The van der Waals surface area contributed by atoms with Gasteiger partial charge in [-0.3, -0.25) is 9.59 Å². The largest absolute Gasteiger partial charge is 0.315 e. The maximum absolute atomic E-state index is 12.1. The zero-order valence-electron chi connectivity index (χ0n) is 14.0. The van der Waals surface area contributed by atoms with Crippen molar-refractivity contribution in [3.63, 3.8) is 0 Å². The Balaban J connectivity index is 2.67. The molecule has 0 N–H and O–H groups in total. The van der Waals surface area contributed by atoms with Crippen LogP contribution in [0.5, 0.6) is 0 Å². The van der Waals surface area contributed by atoms with E-state index in [0.717, 1.165) is 11.5 Å². The highest BCUT2D eigenvalue weighted by atomic mass is 32.2. The Labute approximate surface area is 161 Å². The minimum absolute atomic E-state index is 0.00703. The van der Waals surface area contributed by atoms with Gasteiger partial charge in [0.2, 0.25) is 0 Å². The third kappa shape index (κ3) is 6.80. The van der Waals surface area contributed by atoms with Crippen LogP contribution < -0.4 is 0 Å². The lowest BCUT2D eigenvalue weighted by molar-refractivity contribution is -0.115. The number of hydrogen-bond donors (Lipinski definition) is 0. The van der Waals surface area contributed by atoms with Crippen LogP contribution in [0.4, 0.5) is 0 Å². The molecule has 0 bridgehead atoms. The third-order valence-corrected chi connectivity index (χ3v) is 9.05. The van der Waals surface area contributed by atoms with Gasteiger partial charge in [-0.2, -0.15) is 23.5 Å². The fourth-order valence-electron chi connectivity index (χ4n) is 1.98. The Kier molecular flexibility index (Phi) is 11.5. The first-order valence-electron chi connectivity index (χ1n) is 7.71. The maximum Gasteiger partial charge on any atom is 0.171 e. The van der Waals surface area contributed by atoms with E-state index in [1.807, 2.05) is 13.8 Å². The van der Waals surface area contributed by atoms with E-state index < -0.39 is 0 Å². The topological polar surface area (TPSA) is 52.6 Å². The van der Waals surface area contributed by atoms with E-state index in [2.05, 4.69) is 13.2 Å². The first-order chi connectivity index (χ1) is 11.6. The second-order valence-corrected chi connectivity index (χ2v) is 9.22. The molecule has 0 saturated carbocycles. The van der Waals surface area contributed by atoms with Gasteiger partial charge in [0.05, 0.1) is 13.2 Å². The number of carbonyl (C=O) groups excluding carboxylic acids is 2. The van der Waals surface area contributed by atoms with Crippen LogP contribution in [-0.4, -0.2) is 57.3 Å². The smallest absolute Gasteiger partial charge is 0.171 e. The lowest BCUT2D eigenvalue weighted by Crippen LogP contribution is -2.39. The summed E-state index contributed by atoms with van der Waals surface area (Å²) in [4.78, 5) is 24.2. The van der Waals surface area contributed by atoms with Crippen LogP contribution in [0.3, 0.4) is 0 Å². The predicted molar refractivity (Wildman–Crippen MR) is 109 cm³/mol. The van der Waals surface area contributed by atoms with Crippen LogP contribution in [-0.2, 0) is 18.0 Å². The van der Waals surface area contributed by atoms with Gasteiger partial charge < -0.3 is 8.37 Å². The Hall–Kier alpha value is 0.140. The summed E-state index contributed by atoms with van der Waals surface area (Å²) in [6.45, 7) is 12.1. The first kappa shape index (κ1) is 22.2. The van der Waals surface area contributed by atoms with Crippen molar-refractivity contribution in [1.29, 1.82) is 0 Å². The molecule has 4 nitrogen and oxygen atoms in total. The van der Waals surface area contributed by atoms with Crippen molar-refractivity contribution >= 4 is 59.2 Å². The molecule has 0 aromatic carbocycles. The molecule has 1 fully saturated rings. The van der Waals surface area contributed by atoms with Crippen LogP contribution in [0.15, 0.2) is 25.3 Å². The molecule has 0 spiro atoms. The summed E-state index contributed by atoms with van der Waals surface area (Å²) in [5.41, 5.74) is 0. The second kappa shape index (κ2) is 12.5. The van der Waals surface area contributed by atoms with Crippen molar-refractivity contribution in [1.82, 2.24) is 0 Å². The van der Waals surface area contributed by atoms with Crippen LogP contribution in [0, 0.1) is 0 Å². The number of ketones is 2. The molecule has 1 rings (SSSR count). The van der Waals surface area contributed by atoms with Gasteiger partial charge in [0.1, 0.15) is 10.5 Å². The Morgan fingerprint density at radius 3 is 1.62 bits per heavy atom. The van der Waals surface area contributed by atoms with Crippen LogP contribution in [0.1, 0.15) is 13.8 Å². The van der Waals surface area contributed by atoms with Crippen molar-refractivity contribution in [3.8, 4) is 0 Å². The minimum Gasteiger partial charge on any atom is -0.315 e. The molecular formula is C16H24O4S4. The number of rotatable bonds is 12. The third-order valence-electron chi connectivity index (χ3n) is 3.17. The average molecular weight is 409 g/mol. The van der Waals surface area contributed by atoms with E-state index in [1.165, 1.54) is 36.2 Å². The normalized spacial score (nSPS) is 23.2. The van der Waals surface area contributed by atoms with E-state index in [4.69, 9.17) is 8.37 Å². The lowest BCUT2D eigenvalue weighted by Gasteiger charge is -2.33. The van der Waals surface area contributed by atoms with Crippen molar-refractivity contribution in [2.75, 3.05) is 24.7 Å². The molecule has 0 radical (unpaired) electrons. The first-order valence-corrected chi connectivity index (χ1v) is 11.4. The number of hydrogen-bond acceptors (Lipinski definition) is 8. The van der Waals surface area contributed by atoms with E-state index >= 15 is 0 Å². The van der Waals surface area contributed by atoms with Crippen molar-refractivity contribution in [3.05, 3.63) is 25.3 Å².